The third-order valence-corrected chi connectivity index (χ3v) is 4.70. The quantitative estimate of drug-likeness (QED) is 0.727. The highest BCUT2D eigenvalue weighted by Crippen LogP contribution is 2.27. The third-order valence-electron chi connectivity index (χ3n) is 4.70. The van der Waals surface area contributed by atoms with E-state index < -0.39 is 0 Å². The molecule has 29 heavy (non-hydrogen) atoms. The van der Waals surface area contributed by atoms with Gasteiger partial charge in [0.25, 0.3) is 11.8 Å². The Morgan fingerprint density at radius 2 is 1.55 bits per heavy atom. The van der Waals surface area contributed by atoms with Crippen LogP contribution in [0.3, 0.4) is 0 Å². The maximum Gasteiger partial charge on any atom is 0.254 e. The number of carbonyl (C=O) groups is 2. The van der Waals surface area contributed by atoms with E-state index in [4.69, 9.17) is 0 Å². The first-order chi connectivity index (χ1) is 14.0. The lowest BCUT2D eigenvalue weighted by Crippen LogP contribution is -2.26. The summed E-state index contributed by atoms with van der Waals surface area (Å²) in [5.74, 6) is -0.283. The standard InChI is InChI=1S/C24H21N3O2/c1-26-23(28)18-13-11-17(12-14-18)16-27(2)24(29)22-10-6-5-9-21(22)20-8-4-3-7-19(20)15-25/h3-14H,16H2,1-2H3,(H,26,28). The van der Waals surface area contributed by atoms with Crippen LogP contribution >= 0.6 is 0 Å². The molecule has 3 aromatic carbocycles. The number of carbonyl (C=O) groups excluding carboxylic acids is 2. The van der Waals surface area contributed by atoms with Gasteiger partial charge in [0.2, 0.25) is 0 Å². The predicted molar refractivity (Wildman–Crippen MR) is 112 cm³/mol. The van der Waals surface area contributed by atoms with E-state index in [0.29, 0.717) is 23.2 Å². The van der Waals surface area contributed by atoms with Crippen molar-refractivity contribution in [2.24, 2.45) is 0 Å². The molecule has 0 aliphatic carbocycles. The Morgan fingerprint density at radius 1 is 0.931 bits per heavy atom. The molecule has 0 saturated heterocycles. The zero-order chi connectivity index (χ0) is 20.8. The summed E-state index contributed by atoms with van der Waals surface area (Å²) in [6, 6.07) is 23.9. The molecule has 0 unspecified atom stereocenters. The molecule has 5 nitrogen and oxygen atoms in total. The first-order valence-electron chi connectivity index (χ1n) is 9.20. The van der Waals surface area contributed by atoms with Gasteiger partial charge in [-0.2, -0.15) is 5.26 Å². The maximum atomic E-state index is 13.1. The van der Waals surface area contributed by atoms with Crippen LogP contribution in [-0.4, -0.2) is 30.8 Å². The zero-order valence-electron chi connectivity index (χ0n) is 16.3. The summed E-state index contributed by atoms with van der Waals surface area (Å²) < 4.78 is 0. The fourth-order valence-electron chi connectivity index (χ4n) is 3.18. The average molecular weight is 383 g/mol. The lowest BCUT2D eigenvalue weighted by molar-refractivity contribution is 0.0785. The lowest BCUT2D eigenvalue weighted by Gasteiger charge is -2.20. The summed E-state index contributed by atoms with van der Waals surface area (Å²) in [5.41, 5.74) is 4.03. The number of hydrogen-bond donors (Lipinski definition) is 1. The molecule has 1 N–H and O–H groups in total. The van der Waals surface area contributed by atoms with Crippen LogP contribution in [0.4, 0.5) is 0 Å². The van der Waals surface area contributed by atoms with Crippen molar-refractivity contribution >= 4 is 11.8 Å². The SMILES string of the molecule is CNC(=O)c1ccc(CN(C)C(=O)c2ccccc2-c2ccccc2C#N)cc1. The van der Waals surface area contributed by atoms with Crippen LogP contribution in [-0.2, 0) is 6.54 Å². The maximum absolute atomic E-state index is 13.1. The Kier molecular flexibility index (Phi) is 6.06. The monoisotopic (exact) mass is 383 g/mol. The van der Waals surface area contributed by atoms with Gasteiger partial charge >= 0.3 is 0 Å². The molecule has 0 saturated carbocycles. The van der Waals surface area contributed by atoms with Crippen LogP contribution in [0.2, 0.25) is 0 Å². The minimum absolute atomic E-state index is 0.135. The Balaban J connectivity index is 1.86. The largest absolute Gasteiger partial charge is 0.355 e. The van der Waals surface area contributed by atoms with E-state index in [-0.39, 0.29) is 11.8 Å². The summed E-state index contributed by atoms with van der Waals surface area (Å²) in [4.78, 5) is 26.4. The van der Waals surface area contributed by atoms with Gasteiger partial charge in [-0.1, -0.05) is 48.5 Å². The van der Waals surface area contributed by atoms with E-state index in [1.54, 1.807) is 49.3 Å². The molecular formula is C24H21N3O2. The molecule has 0 atom stereocenters. The fraction of sp³-hybridized carbons (Fsp3) is 0.125. The van der Waals surface area contributed by atoms with Crippen molar-refractivity contribution in [1.82, 2.24) is 10.2 Å². The molecule has 0 fully saturated rings. The van der Waals surface area contributed by atoms with Crippen LogP contribution in [0, 0.1) is 11.3 Å². The second kappa shape index (κ2) is 8.85. The second-order valence-electron chi connectivity index (χ2n) is 6.64. The van der Waals surface area contributed by atoms with E-state index in [2.05, 4.69) is 11.4 Å². The lowest BCUT2D eigenvalue weighted by atomic mass is 9.95. The first kappa shape index (κ1) is 19.8. The number of rotatable bonds is 5. The molecular weight excluding hydrogens is 362 g/mol. The first-order valence-corrected chi connectivity index (χ1v) is 9.20. The van der Waals surface area contributed by atoms with E-state index in [9.17, 15) is 14.9 Å². The molecule has 5 heteroatoms. The van der Waals surface area contributed by atoms with E-state index in [1.807, 2.05) is 42.5 Å². The Hall–Kier alpha value is -3.91. The smallest absolute Gasteiger partial charge is 0.254 e. The van der Waals surface area contributed by atoms with Gasteiger partial charge in [-0.25, -0.2) is 0 Å². The summed E-state index contributed by atoms with van der Waals surface area (Å²) >= 11 is 0. The van der Waals surface area contributed by atoms with Gasteiger partial charge in [0.15, 0.2) is 0 Å². The molecule has 0 aliphatic rings. The fourth-order valence-corrected chi connectivity index (χ4v) is 3.18. The van der Waals surface area contributed by atoms with Crippen molar-refractivity contribution in [3.8, 4) is 17.2 Å². The van der Waals surface area contributed by atoms with Crippen molar-refractivity contribution < 1.29 is 9.59 Å². The number of nitrogens with one attached hydrogen (secondary N) is 1. The minimum atomic E-state index is -0.147. The summed E-state index contributed by atoms with van der Waals surface area (Å²) in [6.07, 6.45) is 0. The number of hydrogen-bond acceptors (Lipinski definition) is 3. The molecule has 144 valence electrons. The number of nitrogens with zero attached hydrogens (tertiary/aromatic N) is 2. The molecule has 0 spiro atoms. The summed E-state index contributed by atoms with van der Waals surface area (Å²) in [7, 11) is 3.33. The highest BCUT2D eigenvalue weighted by Gasteiger charge is 2.18. The molecule has 0 aliphatic heterocycles. The molecule has 0 heterocycles. The zero-order valence-corrected chi connectivity index (χ0v) is 16.3. The van der Waals surface area contributed by atoms with Gasteiger partial charge in [-0.3, -0.25) is 9.59 Å². The van der Waals surface area contributed by atoms with E-state index >= 15 is 0 Å². The van der Waals surface area contributed by atoms with Gasteiger partial charge < -0.3 is 10.2 Å². The van der Waals surface area contributed by atoms with Gasteiger partial charge in [0.1, 0.15) is 0 Å². The van der Waals surface area contributed by atoms with Crippen molar-refractivity contribution in [3.05, 3.63) is 95.1 Å². The third kappa shape index (κ3) is 4.33. The number of amides is 2. The Labute approximate surface area is 170 Å². The molecule has 3 rings (SSSR count). The Morgan fingerprint density at radius 3 is 2.21 bits per heavy atom. The predicted octanol–water partition coefficient (Wildman–Crippen LogP) is 3.86. The molecule has 3 aromatic rings. The van der Waals surface area contributed by atoms with Crippen LogP contribution in [0.1, 0.15) is 31.8 Å². The van der Waals surface area contributed by atoms with Gasteiger partial charge in [0, 0.05) is 37.3 Å². The average Bonchev–Trinajstić information content (AvgIpc) is 2.78. The van der Waals surface area contributed by atoms with Gasteiger partial charge in [0.05, 0.1) is 11.6 Å². The molecule has 0 bridgehead atoms. The topological polar surface area (TPSA) is 73.2 Å². The second-order valence-corrected chi connectivity index (χ2v) is 6.64. The number of nitriles is 1. The van der Waals surface area contributed by atoms with Crippen LogP contribution < -0.4 is 5.32 Å². The molecule has 0 aromatic heterocycles. The molecule has 2 amide bonds. The van der Waals surface area contributed by atoms with Crippen LogP contribution in [0.25, 0.3) is 11.1 Å². The Bertz CT molecular complexity index is 1080. The summed E-state index contributed by atoms with van der Waals surface area (Å²) in [5, 5.41) is 12.0. The minimum Gasteiger partial charge on any atom is -0.355 e. The normalized spacial score (nSPS) is 10.1. The van der Waals surface area contributed by atoms with Crippen molar-refractivity contribution in [2.45, 2.75) is 6.54 Å². The van der Waals surface area contributed by atoms with Crippen molar-refractivity contribution in [3.63, 3.8) is 0 Å². The van der Waals surface area contributed by atoms with Gasteiger partial charge in [-0.05, 0) is 35.4 Å². The highest BCUT2D eigenvalue weighted by molar-refractivity contribution is 6.01. The summed E-state index contributed by atoms with van der Waals surface area (Å²) in [6.45, 7) is 0.404. The van der Waals surface area contributed by atoms with Crippen molar-refractivity contribution in [2.75, 3.05) is 14.1 Å². The van der Waals surface area contributed by atoms with E-state index in [0.717, 1.165) is 16.7 Å². The highest BCUT2D eigenvalue weighted by atomic mass is 16.2. The van der Waals surface area contributed by atoms with Crippen LogP contribution in [0.15, 0.2) is 72.8 Å². The van der Waals surface area contributed by atoms with Gasteiger partial charge in [-0.15, -0.1) is 0 Å². The van der Waals surface area contributed by atoms with Crippen molar-refractivity contribution in [1.29, 1.82) is 5.26 Å². The van der Waals surface area contributed by atoms with E-state index in [1.165, 1.54) is 0 Å². The molecule has 0 radical (unpaired) electrons. The number of benzene rings is 3. The van der Waals surface area contributed by atoms with Crippen LogP contribution in [0.5, 0.6) is 0 Å².